The van der Waals surface area contributed by atoms with E-state index in [0.29, 0.717) is 25.6 Å². The number of ether oxygens (including phenoxy) is 2. The number of pyridine rings is 1. The van der Waals surface area contributed by atoms with Gasteiger partial charge in [-0.2, -0.15) is 26.3 Å². The number of nitrogens with zero attached hydrogens (tertiary/aromatic N) is 2. The lowest BCUT2D eigenvalue weighted by atomic mass is 9.88. The Kier molecular flexibility index (Phi) is 9.30. The Bertz CT molecular complexity index is 1540. The lowest BCUT2D eigenvalue weighted by Crippen LogP contribution is -2.39. The van der Waals surface area contributed by atoms with Crippen molar-refractivity contribution in [3.05, 3.63) is 76.4 Å². The molecule has 0 aliphatic carbocycles. The first kappa shape index (κ1) is 31.8. The summed E-state index contributed by atoms with van der Waals surface area (Å²) in [5.74, 6) is -9.16. The average molecular weight is 630 g/mol. The summed E-state index contributed by atoms with van der Waals surface area (Å²) in [7, 11) is 0. The Morgan fingerprint density at radius 1 is 0.930 bits per heavy atom. The fraction of sp³-hybridized carbons (Fsp3) is 0.286. The second-order valence-electron chi connectivity index (χ2n) is 9.48. The third-order valence-electron chi connectivity index (χ3n) is 6.63. The number of hydrogen-bond acceptors (Lipinski definition) is 7. The molecular weight excluding hydrogens is 608 g/mol. The summed E-state index contributed by atoms with van der Waals surface area (Å²) in [6.07, 6.45) is -9.66. The van der Waals surface area contributed by atoms with E-state index in [1.165, 1.54) is 24.3 Å². The zero-order valence-electron chi connectivity index (χ0n) is 22.0. The van der Waals surface area contributed by atoms with Crippen LogP contribution in [0, 0.1) is 0 Å². The first-order valence-electron chi connectivity index (χ1n) is 12.6. The second-order valence-corrected chi connectivity index (χ2v) is 9.92. The predicted molar refractivity (Wildman–Crippen MR) is 140 cm³/mol. The van der Waals surface area contributed by atoms with Crippen LogP contribution in [0.2, 0.25) is 5.02 Å². The van der Waals surface area contributed by atoms with Gasteiger partial charge in [-0.1, -0.05) is 48.0 Å². The molecule has 2 aromatic carbocycles. The minimum atomic E-state index is -5.56. The molecule has 1 amide bonds. The van der Waals surface area contributed by atoms with E-state index in [1.807, 2.05) is 24.3 Å². The molecule has 1 fully saturated rings. The number of hydrogen-bond donors (Lipinski definition) is 1. The van der Waals surface area contributed by atoms with Gasteiger partial charge < -0.3 is 20.1 Å². The van der Waals surface area contributed by atoms with Crippen LogP contribution in [0.15, 0.2) is 54.7 Å². The minimum absolute atomic E-state index is 0.00576. The Morgan fingerprint density at radius 3 is 2.16 bits per heavy atom. The zero-order chi connectivity index (χ0) is 31.5. The molecule has 1 saturated heterocycles. The number of likely N-dealkylation sites (tertiary alicyclic amines) is 1. The van der Waals surface area contributed by atoms with Gasteiger partial charge in [0, 0.05) is 36.4 Å². The van der Waals surface area contributed by atoms with Crippen LogP contribution in [0.25, 0.3) is 11.1 Å². The van der Waals surface area contributed by atoms with Gasteiger partial charge in [-0.05, 0) is 47.6 Å². The van der Waals surface area contributed by atoms with Crippen molar-refractivity contribution < 1.29 is 50.2 Å². The maximum atomic E-state index is 13.8. The number of benzene rings is 2. The number of aromatic nitrogens is 1. The average Bonchev–Trinajstić information content (AvgIpc) is 2.96. The monoisotopic (exact) mass is 629 g/mol. The number of nitrogens with two attached hydrogens (primary N) is 1. The Balaban J connectivity index is 1.79. The first-order valence-corrected chi connectivity index (χ1v) is 13.0. The third-order valence-corrected chi connectivity index (χ3v) is 6.87. The van der Waals surface area contributed by atoms with E-state index in [1.54, 1.807) is 0 Å². The van der Waals surface area contributed by atoms with Crippen molar-refractivity contribution in [1.29, 1.82) is 0 Å². The smallest absolute Gasteiger partial charge is 0.418 e. The largest absolute Gasteiger partial charge is 0.491 e. The molecular formula is C28H22ClF6N3O5. The molecule has 0 radical (unpaired) electrons. The molecule has 4 rings (SSSR count). The summed E-state index contributed by atoms with van der Waals surface area (Å²) in [4.78, 5) is 42.2. The molecule has 1 aliphatic heterocycles. The van der Waals surface area contributed by atoms with Crippen LogP contribution in [0.5, 0.6) is 11.6 Å². The molecule has 0 unspecified atom stereocenters. The number of alkyl halides is 6. The molecule has 8 nitrogen and oxygen atoms in total. The maximum Gasteiger partial charge on any atom is 0.491 e. The third kappa shape index (κ3) is 7.43. The van der Waals surface area contributed by atoms with Gasteiger partial charge in [-0.3, -0.25) is 4.79 Å². The Hall–Kier alpha value is -4.17. The molecule has 0 atom stereocenters. The van der Waals surface area contributed by atoms with Crippen molar-refractivity contribution in [3.8, 4) is 22.8 Å². The van der Waals surface area contributed by atoms with E-state index in [9.17, 15) is 40.7 Å². The highest BCUT2D eigenvalue weighted by atomic mass is 35.5. The molecule has 43 heavy (non-hydrogen) atoms. The maximum absolute atomic E-state index is 13.8. The van der Waals surface area contributed by atoms with Crippen LogP contribution in [0.4, 0.5) is 26.3 Å². The fourth-order valence-electron chi connectivity index (χ4n) is 4.56. The van der Waals surface area contributed by atoms with Crippen LogP contribution in [0.1, 0.15) is 40.2 Å². The minimum Gasteiger partial charge on any atom is -0.418 e. The van der Waals surface area contributed by atoms with Crippen LogP contribution < -0.4 is 15.2 Å². The van der Waals surface area contributed by atoms with Gasteiger partial charge >= 0.3 is 24.3 Å². The Labute approximate surface area is 245 Å². The van der Waals surface area contributed by atoms with Gasteiger partial charge in [-0.15, -0.1) is 0 Å². The topological polar surface area (TPSA) is 112 Å². The lowest BCUT2D eigenvalue weighted by Gasteiger charge is -2.33. The summed E-state index contributed by atoms with van der Waals surface area (Å²) >= 11 is 6.00. The summed E-state index contributed by atoms with van der Waals surface area (Å²) < 4.78 is 88.1. The normalized spacial score (nSPS) is 14.4. The highest BCUT2D eigenvalue weighted by Gasteiger charge is 2.45. The van der Waals surface area contributed by atoms with E-state index < -0.39 is 53.0 Å². The fourth-order valence-corrected chi connectivity index (χ4v) is 4.75. The van der Waals surface area contributed by atoms with Crippen molar-refractivity contribution in [2.75, 3.05) is 13.1 Å². The first-order chi connectivity index (χ1) is 20.2. The predicted octanol–water partition coefficient (Wildman–Crippen LogP) is 5.82. The molecule has 1 aromatic heterocycles. The van der Waals surface area contributed by atoms with Crippen molar-refractivity contribution in [3.63, 3.8) is 0 Å². The van der Waals surface area contributed by atoms with Gasteiger partial charge in [0.05, 0.1) is 0 Å². The van der Waals surface area contributed by atoms with Crippen molar-refractivity contribution in [2.24, 2.45) is 5.73 Å². The van der Waals surface area contributed by atoms with E-state index >= 15 is 0 Å². The molecule has 2 heterocycles. The molecule has 3 aromatic rings. The van der Waals surface area contributed by atoms with E-state index in [4.69, 9.17) is 17.3 Å². The van der Waals surface area contributed by atoms with Crippen LogP contribution in [-0.4, -0.2) is 53.2 Å². The SMILES string of the molecule is NCc1cccc(C2CCN(C(=O)c3c(OC(=O)C(F)(F)F)ncc(-c4cccc(Cl)c4)c3OC(=O)C(F)(F)F)CC2)c1. The quantitative estimate of drug-likeness (QED) is 0.270. The molecule has 0 saturated carbocycles. The molecule has 1 aliphatic rings. The molecule has 0 bridgehead atoms. The van der Waals surface area contributed by atoms with E-state index in [0.717, 1.165) is 16.0 Å². The number of piperidine rings is 1. The molecule has 2 N–H and O–H groups in total. The summed E-state index contributed by atoms with van der Waals surface area (Å²) in [6.45, 7) is 0.327. The van der Waals surface area contributed by atoms with Gasteiger partial charge in [-0.25, -0.2) is 14.6 Å². The van der Waals surface area contributed by atoms with Gasteiger partial charge in [0.25, 0.3) is 5.91 Å². The molecule has 228 valence electrons. The lowest BCUT2D eigenvalue weighted by molar-refractivity contribution is -0.190. The summed E-state index contributed by atoms with van der Waals surface area (Å²) in [5, 5.41) is 0.0897. The number of carbonyl (C=O) groups excluding carboxylic acids is 3. The number of halogens is 7. The molecule has 0 spiro atoms. The number of carbonyl (C=O) groups is 3. The highest BCUT2D eigenvalue weighted by molar-refractivity contribution is 6.30. The standard InChI is InChI=1S/C28H22ClF6N3O5/c29-19-6-2-5-18(12-19)20-14-37-23(43-26(41)28(33,34)35)21(22(20)42-25(40)27(30,31)32)24(39)38-9-7-16(8-10-38)17-4-1-3-15(11-17)13-36/h1-6,11-12,14,16H,7-10,13,36H2. The van der Waals surface area contributed by atoms with Crippen molar-refractivity contribution >= 4 is 29.4 Å². The van der Waals surface area contributed by atoms with Gasteiger partial charge in [0.2, 0.25) is 5.88 Å². The van der Waals surface area contributed by atoms with Gasteiger partial charge in [0.15, 0.2) is 5.75 Å². The number of esters is 2. The van der Waals surface area contributed by atoms with Crippen LogP contribution >= 0.6 is 11.6 Å². The Morgan fingerprint density at radius 2 is 1.56 bits per heavy atom. The second kappa shape index (κ2) is 12.6. The van der Waals surface area contributed by atoms with Gasteiger partial charge in [0.1, 0.15) is 5.56 Å². The summed E-state index contributed by atoms with van der Waals surface area (Å²) in [6, 6.07) is 12.8. The number of rotatable bonds is 6. The van der Waals surface area contributed by atoms with Crippen LogP contribution in [0.3, 0.4) is 0 Å². The van der Waals surface area contributed by atoms with E-state index in [-0.39, 0.29) is 29.6 Å². The van der Waals surface area contributed by atoms with E-state index in [2.05, 4.69) is 14.5 Å². The van der Waals surface area contributed by atoms with Crippen molar-refractivity contribution in [1.82, 2.24) is 9.88 Å². The van der Waals surface area contributed by atoms with Crippen molar-refractivity contribution in [2.45, 2.75) is 37.7 Å². The zero-order valence-corrected chi connectivity index (χ0v) is 22.7. The highest BCUT2D eigenvalue weighted by Crippen LogP contribution is 2.41. The molecule has 15 heteroatoms. The summed E-state index contributed by atoms with van der Waals surface area (Å²) in [5.41, 5.74) is 6.07. The number of amides is 1. The van der Waals surface area contributed by atoms with Crippen LogP contribution in [-0.2, 0) is 16.1 Å².